The summed E-state index contributed by atoms with van der Waals surface area (Å²) in [6.45, 7) is 0. The fourth-order valence-corrected chi connectivity index (χ4v) is 1.37. The average molecular weight is 244 g/mol. The first-order valence-electron chi connectivity index (χ1n) is 4.09. The van der Waals surface area contributed by atoms with Crippen molar-refractivity contribution in [3.63, 3.8) is 0 Å². The van der Waals surface area contributed by atoms with Crippen molar-refractivity contribution >= 4 is 15.9 Å². The monoisotopic (exact) mass is 243 g/mol. The van der Waals surface area contributed by atoms with Crippen LogP contribution in [0, 0.1) is 0 Å². The molecule has 0 fully saturated rings. The smallest absolute Gasteiger partial charge is 0.118 e. The number of rotatable bonds is 3. The average Bonchev–Trinajstić information content (AvgIpc) is 2.17. The van der Waals surface area contributed by atoms with E-state index in [0.717, 1.165) is 5.75 Å². The quantitative estimate of drug-likeness (QED) is 0.598. The van der Waals surface area contributed by atoms with Crippen LogP contribution in [0.15, 0.2) is 24.3 Å². The minimum Gasteiger partial charge on any atom is -0.497 e. The van der Waals surface area contributed by atoms with E-state index in [1.165, 1.54) is 5.56 Å². The Morgan fingerprint density at radius 1 is 1.23 bits per heavy atom. The van der Waals surface area contributed by atoms with E-state index in [-0.39, 0.29) is 4.95 Å². The fourth-order valence-electron chi connectivity index (χ4n) is 1.06. The Morgan fingerprint density at radius 3 is 2.15 bits per heavy atom. The van der Waals surface area contributed by atoms with Gasteiger partial charge in [0.1, 0.15) is 5.75 Å². The van der Waals surface area contributed by atoms with Crippen molar-refractivity contribution in [2.75, 3.05) is 21.2 Å². The van der Waals surface area contributed by atoms with E-state index >= 15 is 0 Å². The minimum atomic E-state index is 0.262. The second-order valence-corrected chi connectivity index (χ2v) is 3.94. The van der Waals surface area contributed by atoms with Gasteiger partial charge in [0, 0.05) is 0 Å². The number of benzene rings is 1. The number of methoxy groups -OCH3 is 1. The highest BCUT2D eigenvalue weighted by molar-refractivity contribution is 9.09. The maximum atomic E-state index is 5.08. The Balaban J connectivity index is 2.79. The number of alkyl halides is 1. The summed E-state index contributed by atoms with van der Waals surface area (Å²) in [7, 11) is 5.74. The molecule has 0 saturated heterocycles. The van der Waals surface area contributed by atoms with Gasteiger partial charge in [-0.3, -0.25) is 4.90 Å². The molecule has 1 atom stereocenters. The molecule has 0 aliphatic heterocycles. The zero-order valence-electron chi connectivity index (χ0n) is 8.12. The summed E-state index contributed by atoms with van der Waals surface area (Å²) in [4.78, 5) is 2.36. The van der Waals surface area contributed by atoms with Gasteiger partial charge in [-0.05, 0) is 31.8 Å². The van der Waals surface area contributed by atoms with E-state index in [4.69, 9.17) is 4.74 Å². The topological polar surface area (TPSA) is 12.5 Å². The summed E-state index contributed by atoms with van der Waals surface area (Å²) in [5, 5.41) is 0. The normalized spacial score (nSPS) is 13.0. The molecule has 0 N–H and O–H groups in total. The number of nitrogens with zero attached hydrogens (tertiary/aromatic N) is 1. The van der Waals surface area contributed by atoms with E-state index in [1.807, 2.05) is 26.2 Å². The van der Waals surface area contributed by atoms with Gasteiger partial charge in [0.2, 0.25) is 0 Å². The molecule has 2 nitrogen and oxygen atoms in total. The Kier molecular flexibility index (Phi) is 3.75. The van der Waals surface area contributed by atoms with Crippen LogP contribution in [-0.2, 0) is 0 Å². The van der Waals surface area contributed by atoms with E-state index in [9.17, 15) is 0 Å². The number of ether oxygens (including phenoxy) is 1. The second kappa shape index (κ2) is 4.63. The van der Waals surface area contributed by atoms with Gasteiger partial charge in [0.05, 0.1) is 12.1 Å². The lowest BCUT2D eigenvalue weighted by molar-refractivity contribution is 0.395. The van der Waals surface area contributed by atoms with Crippen LogP contribution in [0.3, 0.4) is 0 Å². The zero-order valence-corrected chi connectivity index (χ0v) is 9.71. The summed E-state index contributed by atoms with van der Waals surface area (Å²) < 4.78 is 5.08. The molecule has 1 unspecified atom stereocenters. The molecule has 72 valence electrons. The maximum Gasteiger partial charge on any atom is 0.118 e. The Labute approximate surface area is 87.6 Å². The Hall–Kier alpha value is -0.540. The van der Waals surface area contributed by atoms with E-state index in [1.54, 1.807) is 7.11 Å². The molecule has 0 aromatic heterocycles. The molecule has 1 aromatic rings. The summed E-state index contributed by atoms with van der Waals surface area (Å²) >= 11 is 3.58. The van der Waals surface area contributed by atoms with Gasteiger partial charge in [-0.15, -0.1) is 0 Å². The van der Waals surface area contributed by atoms with Crippen molar-refractivity contribution in [2.45, 2.75) is 4.95 Å². The number of hydrogen-bond acceptors (Lipinski definition) is 2. The van der Waals surface area contributed by atoms with Crippen LogP contribution >= 0.6 is 15.9 Å². The molecule has 0 amide bonds. The number of hydrogen-bond donors (Lipinski definition) is 0. The summed E-state index contributed by atoms with van der Waals surface area (Å²) in [5.41, 5.74) is 1.23. The van der Waals surface area contributed by atoms with Crippen molar-refractivity contribution in [1.82, 2.24) is 4.90 Å². The van der Waals surface area contributed by atoms with E-state index in [2.05, 4.69) is 33.0 Å². The minimum absolute atomic E-state index is 0.262. The Bertz CT molecular complexity index is 258. The Morgan fingerprint density at radius 2 is 1.77 bits per heavy atom. The summed E-state index contributed by atoms with van der Waals surface area (Å²) in [6, 6.07) is 8.04. The SMILES string of the molecule is COc1ccc(C(Br)N(C)C)cc1. The highest BCUT2D eigenvalue weighted by Crippen LogP contribution is 2.25. The molecule has 0 aliphatic carbocycles. The molecule has 13 heavy (non-hydrogen) atoms. The predicted octanol–water partition coefficient (Wildman–Crippen LogP) is 2.65. The molecule has 0 radical (unpaired) electrons. The van der Waals surface area contributed by atoms with Gasteiger partial charge in [-0.2, -0.15) is 0 Å². The van der Waals surface area contributed by atoms with Crippen molar-refractivity contribution in [2.24, 2.45) is 0 Å². The molecule has 1 aromatic carbocycles. The largest absolute Gasteiger partial charge is 0.497 e. The molecule has 0 spiro atoms. The maximum absolute atomic E-state index is 5.08. The molecule has 0 bridgehead atoms. The van der Waals surface area contributed by atoms with Crippen LogP contribution in [0.4, 0.5) is 0 Å². The van der Waals surface area contributed by atoms with E-state index < -0.39 is 0 Å². The van der Waals surface area contributed by atoms with Crippen molar-refractivity contribution in [1.29, 1.82) is 0 Å². The van der Waals surface area contributed by atoms with Gasteiger partial charge in [0.25, 0.3) is 0 Å². The van der Waals surface area contributed by atoms with Gasteiger partial charge < -0.3 is 4.74 Å². The summed E-state index contributed by atoms with van der Waals surface area (Å²) in [5.74, 6) is 0.891. The lowest BCUT2D eigenvalue weighted by Gasteiger charge is -2.18. The first-order valence-corrected chi connectivity index (χ1v) is 5.01. The van der Waals surface area contributed by atoms with Gasteiger partial charge in [-0.1, -0.05) is 28.1 Å². The molecule has 3 heteroatoms. The highest BCUT2D eigenvalue weighted by Gasteiger charge is 2.08. The predicted molar refractivity (Wildman–Crippen MR) is 58.3 cm³/mol. The summed E-state index contributed by atoms with van der Waals surface area (Å²) in [6.07, 6.45) is 0. The third-order valence-corrected chi connectivity index (χ3v) is 3.19. The van der Waals surface area contributed by atoms with Crippen LogP contribution in [0.25, 0.3) is 0 Å². The standard InChI is InChI=1S/C10H14BrNO/c1-12(2)10(11)8-4-6-9(13-3)7-5-8/h4-7,10H,1-3H3. The second-order valence-electron chi connectivity index (χ2n) is 3.07. The molecular weight excluding hydrogens is 230 g/mol. The van der Waals surface area contributed by atoms with Crippen molar-refractivity contribution < 1.29 is 4.74 Å². The third-order valence-electron chi connectivity index (χ3n) is 1.84. The molecule has 0 heterocycles. The lowest BCUT2D eigenvalue weighted by atomic mass is 10.2. The molecule has 1 rings (SSSR count). The molecule has 0 aliphatic rings. The highest BCUT2D eigenvalue weighted by atomic mass is 79.9. The van der Waals surface area contributed by atoms with Gasteiger partial charge in [-0.25, -0.2) is 0 Å². The van der Waals surface area contributed by atoms with Crippen LogP contribution < -0.4 is 4.74 Å². The zero-order chi connectivity index (χ0) is 9.84. The van der Waals surface area contributed by atoms with Crippen LogP contribution in [0.1, 0.15) is 10.5 Å². The van der Waals surface area contributed by atoms with Crippen molar-refractivity contribution in [3.05, 3.63) is 29.8 Å². The van der Waals surface area contributed by atoms with Crippen LogP contribution in [-0.4, -0.2) is 26.1 Å². The van der Waals surface area contributed by atoms with Gasteiger partial charge in [0.15, 0.2) is 0 Å². The van der Waals surface area contributed by atoms with Crippen LogP contribution in [0.2, 0.25) is 0 Å². The van der Waals surface area contributed by atoms with E-state index in [0.29, 0.717) is 0 Å². The van der Waals surface area contributed by atoms with Gasteiger partial charge >= 0.3 is 0 Å². The lowest BCUT2D eigenvalue weighted by Crippen LogP contribution is -2.13. The number of halogens is 1. The first-order chi connectivity index (χ1) is 6.15. The molecular formula is C10H14BrNO. The van der Waals surface area contributed by atoms with Crippen LogP contribution in [0.5, 0.6) is 5.75 Å². The first kappa shape index (κ1) is 10.5. The van der Waals surface area contributed by atoms with Crippen molar-refractivity contribution in [3.8, 4) is 5.75 Å². The fraction of sp³-hybridized carbons (Fsp3) is 0.400. The third kappa shape index (κ3) is 2.71. The molecule has 0 saturated carbocycles.